The minimum absolute atomic E-state index is 0.201. The number of carbonyl (C=O) groups is 1. The van der Waals surface area contributed by atoms with Crippen molar-refractivity contribution in [2.75, 3.05) is 20.3 Å². The molecule has 2 aliphatic rings. The third-order valence-electron chi connectivity index (χ3n) is 7.34. The van der Waals surface area contributed by atoms with E-state index in [1.54, 1.807) is 7.11 Å². The molecule has 2 fully saturated rings. The van der Waals surface area contributed by atoms with Gasteiger partial charge in [0.15, 0.2) is 0 Å². The van der Waals surface area contributed by atoms with Crippen molar-refractivity contribution in [3.05, 3.63) is 60.3 Å². The summed E-state index contributed by atoms with van der Waals surface area (Å²) in [6.07, 6.45) is 6.84. The molecule has 35 heavy (non-hydrogen) atoms. The van der Waals surface area contributed by atoms with Gasteiger partial charge in [0, 0.05) is 29.3 Å². The maximum atomic E-state index is 10.7. The van der Waals surface area contributed by atoms with Crippen LogP contribution in [0, 0.1) is 11.8 Å². The summed E-state index contributed by atoms with van der Waals surface area (Å²) in [5.74, 6) is 1.55. The van der Waals surface area contributed by atoms with Crippen LogP contribution in [0.2, 0.25) is 0 Å². The Labute approximate surface area is 206 Å². The predicted octanol–water partition coefficient (Wildman–Crippen LogP) is 6.01. The maximum absolute atomic E-state index is 10.7. The topological polar surface area (TPSA) is 73.6 Å². The van der Waals surface area contributed by atoms with Gasteiger partial charge in [-0.25, -0.2) is 4.79 Å². The highest BCUT2D eigenvalue weighted by Gasteiger charge is 2.34. The molecule has 2 aliphatic carbocycles. The fraction of sp³-hybridized carbons (Fsp3) is 0.448. The third-order valence-corrected chi connectivity index (χ3v) is 7.34. The number of hydrogen-bond acceptors (Lipinski definition) is 4. The van der Waals surface area contributed by atoms with Crippen LogP contribution in [0.1, 0.15) is 50.1 Å². The number of carboxylic acids is 1. The molecule has 0 amide bonds. The molecule has 184 valence electrons. The highest BCUT2D eigenvalue weighted by atomic mass is 16.5. The van der Waals surface area contributed by atoms with Crippen molar-refractivity contribution < 1.29 is 19.4 Å². The van der Waals surface area contributed by atoms with Gasteiger partial charge in [-0.1, -0.05) is 42.5 Å². The smallest absolute Gasteiger partial charge is 0.329 e. The number of ether oxygens (including phenoxy) is 2. The van der Waals surface area contributed by atoms with E-state index in [2.05, 4.69) is 47.1 Å². The highest BCUT2D eigenvalue weighted by molar-refractivity contribution is 5.84. The van der Waals surface area contributed by atoms with Gasteiger partial charge < -0.3 is 14.6 Å². The van der Waals surface area contributed by atoms with E-state index in [0.717, 1.165) is 54.8 Å². The van der Waals surface area contributed by atoms with Crippen molar-refractivity contribution >= 4 is 5.97 Å². The number of rotatable bonds is 10. The van der Waals surface area contributed by atoms with Gasteiger partial charge >= 0.3 is 5.97 Å². The molecule has 3 aromatic rings. The lowest BCUT2D eigenvalue weighted by atomic mass is 9.82. The maximum Gasteiger partial charge on any atom is 0.329 e. The van der Waals surface area contributed by atoms with Crippen LogP contribution in [0.3, 0.4) is 0 Å². The molecular formula is C29H34N2O4. The molecule has 6 nitrogen and oxygen atoms in total. The SMILES string of the molecule is COc1cccc(-c2c(-c3ccccc3)nn(C[C@H]3CC[C@@H](COCC(=O)O)CC3)c2C2CC2)c1. The molecule has 1 N–H and O–H groups in total. The Morgan fingerprint density at radius 1 is 0.971 bits per heavy atom. The Balaban J connectivity index is 1.42. The van der Waals surface area contributed by atoms with E-state index in [-0.39, 0.29) is 6.61 Å². The molecule has 0 saturated heterocycles. The zero-order chi connectivity index (χ0) is 24.2. The lowest BCUT2D eigenvalue weighted by molar-refractivity contribution is -0.142. The van der Waals surface area contributed by atoms with Crippen molar-refractivity contribution in [2.45, 2.75) is 51.0 Å². The molecule has 0 aliphatic heterocycles. The van der Waals surface area contributed by atoms with Crippen LogP contribution in [-0.4, -0.2) is 41.2 Å². The molecular weight excluding hydrogens is 440 g/mol. The van der Waals surface area contributed by atoms with Crippen LogP contribution in [0.25, 0.3) is 22.4 Å². The van der Waals surface area contributed by atoms with Crippen LogP contribution < -0.4 is 4.74 Å². The fourth-order valence-corrected chi connectivity index (χ4v) is 5.39. The van der Waals surface area contributed by atoms with Gasteiger partial charge in [0.25, 0.3) is 0 Å². The normalized spacial score (nSPS) is 20.0. The first-order chi connectivity index (χ1) is 17.1. The zero-order valence-electron chi connectivity index (χ0n) is 20.4. The van der Waals surface area contributed by atoms with Crippen LogP contribution in [0.15, 0.2) is 54.6 Å². The first-order valence-electron chi connectivity index (χ1n) is 12.7. The molecule has 0 spiro atoms. The molecule has 0 unspecified atom stereocenters. The molecule has 1 heterocycles. The monoisotopic (exact) mass is 474 g/mol. The second-order valence-electron chi connectivity index (χ2n) is 9.96. The summed E-state index contributed by atoms with van der Waals surface area (Å²) in [6, 6.07) is 18.8. The van der Waals surface area contributed by atoms with Gasteiger partial charge in [0.05, 0.1) is 13.7 Å². The summed E-state index contributed by atoms with van der Waals surface area (Å²) in [5, 5.41) is 14.0. The molecule has 0 bridgehead atoms. The summed E-state index contributed by atoms with van der Waals surface area (Å²) in [6.45, 7) is 1.28. The number of hydrogen-bond donors (Lipinski definition) is 1. The van der Waals surface area contributed by atoms with E-state index in [1.807, 2.05) is 12.1 Å². The Bertz CT molecular complexity index is 1140. The lowest BCUT2D eigenvalue weighted by Gasteiger charge is -2.28. The van der Waals surface area contributed by atoms with Crippen LogP contribution in [0.4, 0.5) is 0 Å². The van der Waals surface area contributed by atoms with Crippen LogP contribution in [0.5, 0.6) is 5.75 Å². The summed E-state index contributed by atoms with van der Waals surface area (Å²) < 4.78 is 13.2. The Kier molecular flexibility index (Phi) is 7.19. The van der Waals surface area contributed by atoms with E-state index in [9.17, 15) is 4.79 Å². The van der Waals surface area contributed by atoms with Gasteiger partial charge in [0.2, 0.25) is 0 Å². The fourth-order valence-electron chi connectivity index (χ4n) is 5.39. The first kappa shape index (κ1) is 23.6. The van der Waals surface area contributed by atoms with Crippen molar-refractivity contribution in [3.8, 4) is 28.1 Å². The first-order valence-corrected chi connectivity index (χ1v) is 12.7. The Morgan fingerprint density at radius 2 is 1.69 bits per heavy atom. The average molecular weight is 475 g/mol. The third kappa shape index (κ3) is 5.59. The van der Waals surface area contributed by atoms with Crippen LogP contribution in [-0.2, 0) is 16.1 Å². The highest BCUT2D eigenvalue weighted by Crippen LogP contribution is 2.48. The van der Waals surface area contributed by atoms with Gasteiger partial charge in [-0.2, -0.15) is 5.10 Å². The molecule has 0 radical (unpaired) electrons. The quantitative estimate of drug-likeness (QED) is 0.389. The summed E-state index contributed by atoms with van der Waals surface area (Å²) in [7, 11) is 1.71. The van der Waals surface area contributed by atoms with Gasteiger partial charge in [-0.3, -0.25) is 4.68 Å². The Hall–Kier alpha value is -3.12. The molecule has 0 atom stereocenters. The minimum atomic E-state index is -0.897. The van der Waals surface area contributed by atoms with Crippen molar-refractivity contribution in [2.24, 2.45) is 11.8 Å². The van der Waals surface area contributed by atoms with Crippen molar-refractivity contribution in [1.29, 1.82) is 0 Å². The van der Waals surface area contributed by atoms with Crippen LogP contribution >= 0.6 is 0 Å². The van der Waals surface area contributed by atoms with Gasteiger partial charge in [-0.15, -0.1) is 0 Å². The second-order valence-corrected chi connectivity index (χ2v) is 9.96. The van der Waals surface area contributed by atoms with Crippen molar-refractivity contribution in [1.82, 2.24) is 9.78 Å². The molecule has 6 heteroatoms. The van der Waals surface area contributed by atoms with E-state index in [0.29, 0.717) is 24.4 Å². The number of carboxylic acid groups (broad SMARTS) is 1. The Morgan fingerprint density at radius 3 is 2.37 bits per heavy atom. The van der Waals surface area contributed by atoms with Crippen molar-refractivity contribution in [3.63, 3.8) is 0 Å². The number of benzene rings is 2. The summed E-state index contributed by atoms with van der Waals surface area (Å²) in [4.78, 5) is 10.7. The van der Waals surface area contributed by atoms with E-state index >= 15 is 0 Å². The molecule has 2 aromatic carbocycles. The number of aliphatic carboxylic acids is 1. The molecule has 2 saturated carbocycles. The number of aromatic nitrogens is 2. The molecule has 1 aromatic heterocycles. The largest absolute Gasteiger partial charge is 0.497 e. The van der Waals surface area contributed by atoms with Gasteiger partial charge in [-0.05, 0) is 68.1 Å². The van der Waals surface area contributed by atoms with E-state index in [1.165, 1.54) is 24.1 Å². The van der Waals surface area contributed by atoms with E-state index < -0.39 is 5.97 Å². The zero-order valence-corrected chi connectivity index (χ0v) is 20.4. The standard InChI is InChI=1S/C29H34N2O4/c1-34-25-9-5-8-24(16-25)27-28(22-6-3-2-4-7-22)30-31(29(27)23-14-15-23)17-20-10-12-21(13-11-20)18-35-19-26(32)33/h2-9,16,20-21,23H,10-15,17-19H2,1H3,(H,32,33)/t20-,21+. The number of methoxy groups -OCH3 is 1. The van der Waals surface area contributed by atoms with E-state index in [4.69, 9.17) is 19.7 Å². The predicted molar refractivity (Wildman–Crippen MR) is 136 cm³/mol. The van der Waals surface area contributed by atoms with Gasteiger partial charge in [0.1, 0.15) is 18.1 Å². The summed E-state index contributed by atoms with van der Waals surface area (Å²) in [5.41, 5.74) is 5.97. The average Bonchev–Trinajstić information content (AvgIpc) is 3.66. The minimum Gasteiger partial charge on any atom is -0.497 e. The molecule has 5 rings (SSSR count). The summed E-state index contributed by atoms with van der Waals surface area (Å²) >= 11 is 0. The number of nitrogens with zero attached hydrogens (tertiary/aromatic N) is 2. The lowest BCUT2D eigenvalue weighted by Crippen LogP contribution is -2.23. The second kappa shape index (κ2) is 10.6.